The number of nitrogens with zero attached hydrogens (tertiary/aromatic N) is 2. The molecule has 0 aliphatic heterocycles. The topological polar surface area (TPSA) is 33.2 Å². The van der Waals surface area contributed by atoms with Crippen LogP contribution in [0.5, 0.6) is 0 Å². The summed E-state index contributed by atoms with van der Waals surface area (Å²) in [5, 5.41) is 0. The molecule has 0 aliphatic carbocycles. The third kappa shape index (κ3) is 3.12. The lowest BCUT2D eigenvalue weighted by Gasteiger charge is -2.35. The van der Waals surface area contributed by atoms with Crippen LogP contribution in [0.15, 0.2) is 31.1 Å². The lowest BCUT2D eigenvalue weighted by molar-refractivity contribution is 0.0611. The van der Waals surface area contributed by atoms with Crippen molar-refractivity contribution in [3.8, 4) is 0 Å². The molecule has 0 radical (unpaired) electrons. The summed E-state index contributed by atoms with van der Waals surface area (Å²) in [5.41, 5.74) is -0.349. The molecule has 0 aliphatic rings. The molecule has 1 rings (SSSR count). The molecule has 0 unspecified atom stereocenters. The van der Waals surface area contributed by atoms with Gasteiger partial charge < -0.3 is 4.90 Å². The number of amides is 1. The Kier molecular flexibility index (Phi) is 3.99. The van der Waals surface area contributed by atoms with E-state index in [9.17, 15) is 9.18 Å². The Hall–Kier alpha value is -1.71. The zero-order valence-electron chi connectivity index (χ0n) is 10.4. The molecule has 1 heterocycles. The molecule has 3 nitrogen and oxygen atoms in total. The van der Waals surface area contributed by atoms with Gasteiger partial charge in [0.2, 0.25) is 0 Å². The molecule has 0 N–H and O–H groups in total. The van der Waals surface area contributed by atoms with E-state index in [-0.39, 0.29) is 17.0 Å². The summed E-state index contributed by atoms with van der Waals surface area (Å²) in [6.45, 7) is 9.68. The minimum atomic E-state index is -0.601. The molecular weight excluding hydrogens is 219 g/mol. The first-order valence-electron chi connectivity index (χ1n) is 5.40. The Morgan fingerprint density at radius 2 is 2.24 bits per heavy atom. The second-order valence-electron chi connectivity index (χ2n) is 4.73. The molecule has 0 saturated heterocycles. The van der Waals surface area contributed by atoms with Crippen LogP contribution in [-0.4, -0.2) is 27.9 Å². The largest absolute Gasteiger partial charge is 0.330 e. The Balaban J connectivity index is 3.09. The number of hydrogen-bond donors (Lipinski definition) is 0. The molecule has 4 heteroatoms. The molecule has 0 bridgehead atoms. The van der Waals surface area contributed by atoms with E-state index in [1.54, 1.807) is 11.0 Å². The van der Waals surface area contributed by atoms with Crippen molar-refractivity contribution < 1.29 is 9.18 Å². The summed E-state index contributed by atoms with van der Waals surface area (Å²) < 4.78 is 13.5. The second kappa shape index (κ2) is 5.08. The molecule has 0 spiro atoms. The van der Waals surface area contributed by atoms with Gasteiger partial charge in [-0.1, -0.05) is 6.08 Å². The van der Waals surface area contributed by atoms with E-state index in [0.29, 0.717) is 6.54 Å². The molecule has 1 aromatic heterocycles. The van der Waals surface area contributed by atoms with Gasteiger partial charge in [0.15, 0.2) is 5.82 Å². The van der Waals surface area contributed by atoms with Crippen LogP contribution in [0, 0.1) is 5.82 Å². The fourth-order valence-corrected chi connectivity index (χ4v) is 1.48. The molecular formula is C13H17FN2O. The molecule has 0 atom stereocenters. The van der Waals surface area contributed by atoms with Crippen LogP contribution in [0.1, 0.15) is 31.1 Å². The monoisotopic (exact) mass is 236 g/mol. The summed E-state index contributed by atoms with van der Waals surface area (Å²) >= 11 is 0. The predicted molar refractivity (Wildman–Crippen MR) is 65.2 cm³/mol. The highest BCUT2D eigenvalue weighted by atomic mass is 19.1. The molecule has 0 saturated carbocycles. The van der Waals surface area contributed by atoms with Crippen LogP contribution in [0.2, 0.25) is 0 Å². The van der Waals surface area contributed by atoms with E-state index in [1.165, 1.54) is 12.3 Å². The van der Waals surface area contributed by atoms with Crippen molar-refractivity contribution in [3.63, 3.8) is 0 Å². The second-order valence-corrected chi connectivity index (χ2v) is 4.73. The zero-order chi connectivity index (χ0) is 13.1. The van der Waals surface area contributed by atoms with Gasteiger partial charge in [-0.2, -0.15) is 0 Å². The van der Waals surface area contributed by atoms with E-state index in [2.05, 4.69) is 11.6 Å². The minimum Gasteiger partial charge on any atom is -0.330 e. The van der Waals surface area contributed by atoms with Crippen molar-refractivity contribution in [3.05, 3.63) is 42.5 Å². The van der Waals surface area contributed by atoms with Gasteiger partial charge in [-0.15, -0.1) is 6.58 Å². The van der Waals surface area contributed by atoms with Crippen LogP contribution in [0.3, 0.4) is 0 Å². The highest BCUT2D eigenvalue weighted by Gasteiger charge is 2.27. The van der Waals surface area contributed by atoms with Gasteiger partial charge in [-0.3, -0.25) is 9.78 Å². The van der Waals surface area contributed by atoms with Crippen LogP contribution in [0.4, 0.5) is 4.39 Å². The first-order valence-corrected chi connectivity index (χ1v) is 5.40. The van der Waals surface area contributed by atoms with Gasteiger partial charge in [-0.25, -0.2) is 4.39 Å². The number of rotatable bonds is 3. The van der Waals surface area contributed by atoms with Crippen molar-refractivity contribution in [1.82, 2.24) is 9.88 Å². The first-order chi connectivity index (χ1) is 7.88. The van der Waals surface area contributed by atoms with E-state index >= 15 is 0 Å². The molecule has 17 heavy (non-hydrogen) atoms. The fourth-order valence-electron chi connectivity index (χ4n) is 1.48. The summed E-state index contributed by atoms with van der Waals surface area (Å²) in [7, 11) is 0. The number of carbonyl (C=O) groups excluding carboxylic acids is 1. The van der Waals surface area contributed by atoms with Crippen molar-refractivity contribution in [2.24, 2.45) is 0 Å². The maximum atomic E-state index is 13.5. The smallest absolute Gasteiger partial charge is 0.257 e. The van der Waals surface area contributed by atoms with Gasteiger partial charge in [0.25, 0.3) is 5.91 Å². The Morgan fingerprint density at radius 1 is 1.59 bits per heavy atom. The number of halogens is 1. The van der Waals surface area contributed by atoms with Crippen LogP contribution < -0.4 is 0 Å². The third-order valence-electron chi connectivity index (χ3n) is 2.37. The third-order valence-corrected chi connectivity index (χ3v) is 2.37. The van der Waals surface area contributed by atoms with Crippen LogP contribution in [0.25, 0.3) is 0 Å². The van der Waals surface area contributed by atoms with E-state index in [4.69, 9.17) is 0 Å². The zero-order valence-corrected chi connectivity index (χ0v) is 10.4. The Morgan fingerprint density at radius 3 is 2.71 bits per heavy atom. The average Bonchev–Trinajstić information content (AvgIpc) is 2.24. The maximum Gasteiger partial charge on any atom is 0.257 e. The lowest BCUT2D eigenvalue weighted by atomic mass is 10.0. The minimum absolute atomic E-state index is 0.0387. The average molecular weight is 236 g/mol. The first kappa shape index (κ1) is 13.4. The standard InChI is InChI=1S/C13H17FN2O/c1-5-8-16(13(2,3)4)12(17)10-6-7-15-9-11(10)14/h5-7,9H,1,8H2,2-4H3. The van der Waals surface area contributed by atoms with E-state index in [1.807, 2.05) is 20.8 Å². The fraction of sp³-hybridized carbons (Fsp3) is 0.385. The normalized spacial score (nSPS) is 11.1. The molecule has 0 aromatic carbocycles. The molecule has 1 aromatic rings. The van der Waals surface area contributed by atoms with Gasteiger partial charge in [-0.05, 0) is 26.8 Å². The van der Waals surface area contributed by atoms with Crippen molar-refractivity contribution in [2.75, 3.05) is 6.54 Å². The molecule has 1 amide bonds. The summed E-state index contributed by atoms with van der Waals surface area (Å²) in [6.07, 6.45) is 4.08. The number of pyridine rings is 1. The summed E-state index contributed by atoms with van der Waals surface area (Å²) in [6, 6.07) is 1.39. The highest BCUT2D eigenvalue weighted by Crippen LogP contribution is 2.18. The van der Waals surface area contributed by atoms with E-state index < -0.39 is 5.82 Å². The van der Waals surface area contributed by atoms with Crippen LogP contribution >= 0.6 is 0 Å². The van der Waals surface area contributed by atoms with E-state index in [0.717, 1.165) is 6.20 Å². The SMILES string of the molecule is C=CCN(C(=O)c1ccncc1F)C(C)(C)C. The number of aromatic nitrogens is 1. The van der Waals surface area contributed by atoms with Crippen molar-refractivity contribution in [2.45, 2.75) is 26.3 Å². The maximum absolute atomic E-state index is 13.5. The summed E-state index contributed by atoms with van der Waals surface area (Å²) in [5.74, 6) is -0.951. The number of carbonyl (C=O) groups is 1. The Labute approximate surface area is 101 Å². The van der Waals surface area contributed by atoms with Crippen molar-refractivity contribution in [1.29, 1.82) is 0 Å². The lowest BCUT2D eigenvalue weighted by Crippen LogP contribution is -2.46. The van der Waals surface area contributed by atoms with Gasteiger partial charge >= 0.3 is 0 Å². The highest BCUT2D eigenvalue weighted by molar-refractivity contribution is 5.94. The Bertz CT molecular complexity index is 424. The molecule has 0 fully saturated rings. The molecule has 92 valence electrons. The quantitative estimate of drug-likeness (QED) is 0.756. The van der Waals surface area contributed by atoms with Gasteiger partial charge in [0.1, 0.15) is 0 Å². The number of hydrogen-bond acceptors (Lipinski definition) is 2. The summed E-state index contributed by atoms with van der Waals surface area (Å²) in [4.78, 5) is 17.4. The van der Waals surface area contributed by atoms with Gasteiger partial charge in [0, 0.05) is 18.3 Å². The van der Waals surface area contributed by atoms with Crippen LogP contribution in [-0.2, 0) is 0 Å². The van der Waals surface area contributed by atoms with Gasteiger partial charge in [0.05, 0.1) is 11.8 Å². The predicted octanol–water partition coefficient (Wildman–Crippen LogP) is 2.65. The van der Waals surface area contributed by atoms with Crippen molar-refractivity contribution >= 4 is 5.91 Å².